The maximum absolute atomic E-state index is 9.27. The molecule has 0 amide bonds. The van der Waals surface area contributed by atoms with E-state index in [0.717, 1.165) is 17.5 Å². The molecule has 0 unspecified atom stereocenters. The molecule has 134 valence electrons. The van der Waals surface area contributed by atoms with Gasteiger partial charge < -0.3 is 29.9 Å². The number of halogens is 2. The van der Waals surface area contributed by atoms with Gasteiger partial charge in [-0.05, 0) is 23.3 Å². The summed E-state index contributed by atoms with van der Waals surface area (Å²) >= 11 is 0. The average molecular weight is 426 g/mol. The van der Waals surface area contributed by atoms with Gasteiger partial charge in [0.1, 0.15) is 5.75 Å². The van der Waals surface area contributed by atoms with Crippen molar-refractivity contribution in [3.05, 3.63) is 78.0 Å². The zero-order valence-electron chi connectivity index (χ0n) is 14.8. The van der Waals surface area contributed by atoms with E-state index in [4.69, 9.17) is 0 Å². The summed E-state index contributed by atoms with van der Waals surface area (Å²) in [5.41, 5.74) is 2.17. The Balaban J connectivity index is 0. The van der Waals surface area contributed by atoms with Crippen LogP contribution in [-0.4, -0.2) is 13.2 Å². The van der Waals surface area contributed by atoms with Crippen LogP contribution < -0.4 is 24.8 Å². The monoisotopic (exact) mass is 425 g/mol. The Hall–Kier alpha value is -0.769. The summed E-state index contributed by atoms with van der Waals surface area (Å²) in [6.45, 7) is 7.06. The van der Waals surface area contributed by atoms with Gasteiger partial charge in [0.15, 0.2) is 0 Å². The second-order valence-electron chi connectivity index (χ2n) is 6.36. The van der Waals surface area contributed by atoms with Crippen LogP contribution >= 0.6 is 0 Å². The van der Waals surface area contributed by atoms with Crippen LogP contribution in [0.2, 0.25) is 19.6 Å². The topological polar surface area (TPSA) is 20.2 Å². The van der Waals surface area contributed by atoms with Crippen LogP contribution in [0, 0.1) is 6.08 Å². The number of aromatic hydroxyl groups is 1. The van der Waals surface area contributed by atoms with Crippen molar-refractivity contribution < 1.29 is 51.6 Å². The van der Waals surface area contributed by atoms with E-state index in [1.54, 1.807) is 12.1 Å². The van der Waals surface area contributed by atoms with Crippen LogP contribution in [0.5, 0.6) is 5.75 Å². The molecule has 1 aliphatic carbocycles. The summed E-state index contributed by atoms with van der Waals surface area (Å²) in [6, 6.07) is 17.3. The molecule has 0 saturated carbocycles. The molecule has 0 atom stereocenters. The van der Waals surface area contributed by atoms with Gasteiger partial charge in [0, 0.05) is 29.8 Å². The first kappa shape index (κ1) is 26.5. The first-order valence-corrected chi connectivity index (χ1v) is 11.1. The molecule has 0 heterocycles. The Bertz CT molecular complexity index is 680. The van der Waals surface area contributed by atoms with Gasteiger partial charge in [0.2, 0.25) is 0 Å². The van der Waals surface area contributed by atoms with E-state index < -0.39 is 8.07 Å². The molecule has 1 N–H and O–H groups in total. The largest absolute Gasteiger partial charge is 1.00 e. The third-order valence-electron chi connectivity index (χ3n) is 3.46. The molecule has 0 aromatic heterocycles. The van der Waals surface area contributed by atoms with Gasteiger partial charge in [-0.15, -0.1) is 6.42 Å². The van der Waals surface area contributed by atoms with Crippen molar-refractivity contribution in [2.75, 3.05) is 0 Å². The van der Waals surface area contributed by atoms with E-state index in [1.165, 1.54) is 5.20 Å². The van der Waals surface area contributed by atoms with Gasteiger partial charge in [-0.1, -0.05) is 62.1 Å². The quantitative estimate of drug-likeness (QED) is 0.513. The van der Waals surface area contributed by atoms with Crippen molar-refractivity contribution in [1.29, 1.82) is 0 Å². The Morgan fingerprint density at radius 2 is 1.48 bits per heavy atom. The van der Waals surface area contributed by atoms with Gasteiger partial charge in [-0.3, -0.25) is 6.08 Å². The van der Waals surface area contributed by atoms with E-state index in [2.05, 4.69) is 37.9 Å². The zero-order chi connectivity index (χ0) is 16.0. The van der Waals surface area contributed by atoms with Gasteiger partial charge in [-0.2, -0.15) is 6.08 Å². The molecular weight excluding hydrogens is 403 g/mol. The minimum atomic E-state index is -1.01. The molecular formula is C20H23Cl2OSiTi-3. The van der Waals surface area contributed by atoms with Gasteiger partial charge in [-0.25, -0.2) is 11.3 Å². The van der Waals surface area contributed by atoms with Crippen molar-refractivity contribution in [1.82, 2.24) is 0 Å². The molecule has 5 heteroatoms. The maximum Gasteiger partial charge on any atom is 0.116 e. The SMILES string of the molecule is C[Si](C)(C)C1=[C-]CC=C1.Oc1cccc(-c2ccccc2)c1.[Cl-].[Cl-].[Ti]. The number of hydrogen-bond donors (Lipinski definition) is 1. The van der Waals surface area contributed by atoms with E-state index in [9.17, 15) is 5.11 Å². The van der Waals surface area contributed by atoms with Crippen LogP contribution in [0.15, 0.2) is 71.9 Å². The molecule has 2 aromatic rings. The predicted molar refractivity (Wildman–Crippen MR) is 97.4 cm³/mol. The van der Waals surface area contributed by atoms with Crippen LogP contribution in [0.1, 0.15) is 6.42 Å². The number of benzene rings is 2. The smallest absolute Gasteiger partial charge is 0.116 e. The molecule has 1 aliphatic rings. The molecule has 1 nitrogen and oxygen atoms in total. The molecule has 0 saturated heterocycles. The second-order valence-corrected chi connectivity index (χ2v) is 11.4. The number of hydrogen-bond acceptors (Lipinski definition) is 1. The van der Waals surface area contributed by atoms with E-state index in [-0.39, 0.29) is 46.5 Å². The molecule has 0 bridgehead atoms. The fourth-order valence-corrected chi connectivity index (χ4v) is 3.49. The number of phenolic OH excluding ortho intramolecular Hbond substituents is 1. The van der Waals surface area contributed by atoms with Crippen LogP contribution in [0.25, 0.3) is 11.1 Å². The molecule has 2 aromatic carbocycles. The first-order chi connectivity index (χ1) is 10.5. The molecule has 0 fully saturated rings. The van der Waals surface area contributed by atoms with E-state index in [1.807, 2.05) is 42.5 Å². The van der Waals surface area contributed by atoms with Crippen molar-refractivity contribution in [2.45, 2.75) is 26.1 Å². The van der Waals surface area contributed by atoms with Crippen molar-refractivity contribution in [3.63, 3.8) is 0 Å². The van der Waals surface area contributed by atoms with Crippen LogP contribution in [-0.2, 0) is 21.7 Å². The molecule has 0 spiro atoms. The summed E-state index contributed by atoms with van der Waals surface area (Å²) in [6.07, 6.45) is 8.82. The van der Waals surface area contributed by atoms with Crippen LogP contribution in [0.3, 0.4) is 0 Å². The summed E-state index contributed by atoms with van der Waals surface area (Å²) in [5, 5.41) is 10.8. The minimum absolute atomic E-state index is 0. The third kappa shape index (κ3) is 8.94. The normalized spacial score (nSPS) is 11.7. The van der Waals surface area contributed by atoms with Gasteiger partial charge >= 0.3 is 0 Å². The van der Waals surface area contributed by atoms with Crippen molar-refractivity contribution in [2.24, 2.45) is 0 Å². The molecule has 25 heavy (non-hydrogen) atoms. The Morgan fingerprint density at radius 3 is 1.92 bits per heavy atom. The van der Waals surface area contributed by atoms with Crippen LogP contribution in [0.4, 0.5) is 0 Å². The predicted octanol–water partition coefficient (Wildman–Crippen LogP) is -0.382. The third-order valence-corrected chi connectivity index (χ3v) is 5.42. The van der Waals surface area contributed by atoms with Crippen molar-refractivity contribution in [3.8, 4) is 16.9 Å². The van der Waals surface area contributed by atoms with E-state index >= 15 is 0 Å². The molecule has 3 rings (SSSR count). The first-order valence-electron chi connectivity index (χ1n) is 7.59. The Kier molecular flexibility index (Phi) is 13.3. The number of rotatable bonds is 2. The molecule has 0 radical (unpaired) electrons. The summed E-state index contributed by atoms with van der Waals surface area (Å²) in [7, 11) is -1.01. The summed E-state index contributed by atoms with van der Waals surface area (Å²) in [4.78, 5) is 0. The maximum atomic E-state index is 9.27. The van der Waals surface area contributed by atoms with Gasteiger partial charge in [0.05, 0.1) is 0 Å². The zero-order valence-corrected chi connectivity index (χ0v) is 18.8. The standard InChI is InChI=1S/C12H10O.C8H13Si.2ClH.Ti/c13-12-8-4-7-11(9-12)10-5-2-1-3-6-10;1-9(2,3)8-6-4-5-7-8;;;/h1-9,13H;4,6H,5H2,1-3H3;2*1H;/q;-1;;;/p-2. The number of allylic oxidation sites excluding steroid dienone is 4. The summed E-state index contributed by atoms with van der Waals surface area (Å²) in [5.74, 6) is 0.307. The average Bonchev–Trinajstić information content (AvgIpc) is 3.03. The molecule has 0 aliphatic heterocycles. The Labute approximate surface area is 180 Å². The van der Waals surface area contributed by atoms with E-state index in [0.29, 0.717) is 5.75 Å². The fraction of sp³-hybridized carbons (Fsp3) is 0.200. The Morgan fingerprint density at radius 1 is 0.880 bits per heavy atom. The summed E-state index contributed by atoms with van der Waals surface area (Å²) < 4.78 is 0. The fourth-order valence-electron chi connectivity index (χ4n) is 2.24. The minimum Gasteiger partial charge on any atom is -1.00 e. The second kappa shape index (κ2) is 12.6. The van der Waals surface area contributed by atoms with Crippen molar-refractivity contribution >= 4 is 8.07 Å². The number of phenols is 1. The van der Waals surface area contributed by atoms with Gasteiger partial charge in [0.25, 0.3) is 0 Å².